The molecule has 2 aromatic carbocycles. The van der Waals surface area contributed by atoms with E-state index in [2.05, 4.69) is 0 Å². The van der Waals surface area contributed by atoms with E-state index in [1.165, 1.54) is 0 Å². The molecule has 0 unspecified atom stereocenters. The van der Waals surface area contributed by atoms with E-state index in [4.69, 9.17) is 10.5 Å². The van der Waals surface area contributed by atoms with Gasteiger partial charge in [0.2, 0.25) is 0 Å². The molecule has 0 saturated heterocycles. The number of benzene rings is 2. The number of methoxy groups -OCH3 is 1. The van der Waals surface area contributed by atoms with Crippen LogP contribution in [-0.2, 0) is 0 Å². The number of aliphatic hydroxyl groups is 1. The zero-order valence-corrected chi connectivity index (χ0v) is 11.3. The summed E-state index contributed by atoms with van der Waals surface area (Å²) in [6.07, 6.45) is -0.616. The van der Waals surface area contributed by atoms with Gasteiger partial charge in [-0.05, 0) is 23.8 Å². The lowest BCUT2D eigenvalue weighted by Gasteiger charge is -2.20. The van der Waals surface area contributed by atoms with Gasteiger partial charge in [-0.25, -0.2) is 0 Å². The lowest BCUT2D eigenvalue weighted by atomic mass is 9.95. The van der Waals surface area contributed by atoms with Gasteiger partial charge in [-0.2, -0.15) is 0 Å². The summed E-state index contributed by atoms with van der Waals surface area (Å²) < 4.78 is 5.33. The molecule has 0 aromatic heterocycles. The van der Waals surface area contributed by atoms with E-state index in [-0.39, 0.29) is 12.4 Å². The molecule has 0 saturated carbocycles. The highest BCUT2D eigenvalue weighted by Gasteiger charge is 2.19. The highest BCUT2D eigenvalue weighted by atomic mass is 35.5. The van der Waals surface area contributed by atoms with Gasteiger partial charge in [0.1, 0.15) is 5.75 Å². The molecular formula is C14H18ClNO2. The molecule has 3 nitrogen and oxygen atoms in total. The molecule has 2 atom stereocenters. The molecule has 0 aliphatic carbocycles. The van der Waals surface area contributed by atoms with Crippen molar-refractivity contribution in [3.8, 4) is 5.75 Å². The zero-order valence-electron chi connectivity index (χ0n) is 10.5. The lowest BCUT2D eigenvalue weighted by Crippen LogP contribution is -2.24. The molecule has 0 aliphatic heterocycles. The molecule has 0 amide bonds. The Hall–Kier alpha value is -1.29. The molecule has 2 aromatic rings. The first-order valence-corrected chi connectivity index (χ1v) is 5.64. The van der Waals surface area contributed by atoms with Crippen molar-refractivity contribution in [2.24, 2.45) is 5.73 Å². The highest BCUT2D eigenvalue weighted by molar-refractivity contribution is 5.88. The van der Waals surface area contributed by atoms with E-state index in [9.17, 15) is 5.11 Å². The first-order valence-electron chi connectivity index (χ1n) is 5.64. The van der Waals surface area contributed by atoms with Crippen molar-refractivity contribution < 1.29 is 9.84 Å². The van der Waals surface area contributed by atoms with Crippen LogP contribution in [0.3, 0.4) is 0 Å². The van der Waals surface area contributed by atoms with Crippen molar-refractivity contribution in [1.29, 1.82) is 0 Å². The summed E-state index contributed by atoms with van der Waals surface area (Å²) in [7, 11) is 1.61. The van der Waals surface area contributed by atoms with Crippen LogP contribution >= 0.6 is 12.4 Å². The minimum atomic E-state index is -0.616. The third-order valence-electron chi connectivity index (χ3n) is 3.00. The molecule has 0 radical (unpaired) electrons. The molecule has 0 bridgehead atoms. The van der Waals surface area contributed by atoms with E-state index in [0.717, 1.165) is 22.1 Å². The number of nitrogens with two attached hydrogens (primary N) is 1. The summed E-state index contributed by atoms with van der Waals surface area (Å²) in [6.45, 7) is 1.69. The Kier molecular flexibility index (Phi) is 4.96. The molecule has 0 aliphatic rings. The maximum absolute atomic E-state index is 9.67. The Bertz CT molecular complexity index is 528. The molecule has 98 valence electrons. The highest BCUT2D eigenvalue weighted by Crippen LogP contribution is 2.33. The topological polar surface area (TPSA) is 55.5 Å². The average molecular weight is 268 g/mol. The number of aliphatic hydroxyl groups excluding tert-OH is 1. The van der Waals surface area contributed by atoms with Crippen molar-refractivity contribution in [3.05, 3.63) is 42.0 Å². The number of rotatable bonds is 3. The standard InChI is InChI=1S/C14H17NO2.ClH/c1-9(16)14(15)13-11-6-4-3-5-10(11)7-8-12(13)17-2;/h3-9,14,16H,15H2,1-2H3;1H/t9-,14-;/m0./s1. The average Bonchev–Trinajstić information content (AvgIpc) is 2.36. The Morgan fingerprint density at radius 1 is 1.17 bits per heavy atom. The van der Waals surface area contributed by atoms with Gasteiger partial charge in [0.05, 0.1) is 19.3 Å². The number of ether oxygens (including phenoxy) is 1. The van der Waals surface area contributed by atoms with Gasteiger partial charge >= 0.3 is 0 Å². The molecule has 0 heterocycles. The Labute approximate surface area is 113 Å². The van der Waals surface area contributed by atoms with Gasteiger partial charge in [-0.15, -0.1) is 12.4 Å². The van der Waals surface area contributed by atoms with Crippen molar-refractivity contribution in [2.45, 2.75) is 19.1 Å². The lowest BCUT2D eigenvalue weighted by molar-refractivity contribution is 0.163. The van der Waals surface area contributed by atoms with Gasteiger partial charge in [-0.1, -0.05) is 30.3 Å². The molecule has 0 fully saturated rings. The van der Waals surface area contributed by atoms with Crippen molar-refractivity contribution in [3.63, 3.8) is 0 Å². The fraction of sp³-hybridized carbons (Fsp3) is 0.286. The van der Waals surface area contributed by atoms with Crippen LogP contribution in [0.2, 0.25) is 0 Å². The molecule has 2 rings (SSSR count). The normalized spacial score (nSPS) is 13.8. The van der Waals surface area contributed by atoms with Crippen LogP contribution in [0.4, 0.5) is 0 Å². The van der Waals surface area contributed by atoms with E-state index in [0.29, 0.717) is 0 Å². The summed E-state index contributed by atoms with van der Waals surface area (Å²) in [5.41, 5.74) is 6.91. The van der Waals surface area contributed by atoms with E-state index < -0.39 is 12.1 Å². The maximum Gasteiger partial charge on any atom is 0.124 e. The summed E-state index contributed by atoms with van der Waals surface area (Å²) in [5, 5.41) is 11.8. The number of hydrogen-bond acceptors (Lipinski definition) is 3. The molecular weight excluding hydrogens is 250 g/mol. The number of fused-ring (bicyclic) bond motifs is 1. The summed E-state index contributed by atoms with van der Waals surface area (Å²) in [5.74, 6) is 0.720. The smallest absolute Gasteiger partial charge is 0.124 e. The quantitative estimate of drug-likeness (QED) is 0.899. The summed E-state index contributed by atoms with van der Waals surface area (Å²) >= 11 is 0. The summed E-state index contributed by atoms with van der Waals surface area (Å²) in [6, 6.07) is 11.4. The third kappa shape index (κ3) is 2.58. The first kappa shape index (κ1) is 14.8. The third-order valence-corrected chi connectivity index (χ3v) is 3.00. The second-order valence-corrected chi connectivity index (χ2v) is 4.17. The van der Waals surface area contributed by atoms with Gasteiger partial charge in [0.15, 0.2) is 0 Å². The van der Waals surface area contributed by atoms with Gasteiger partial charge in [0, 0.05) is 5.56 Å². The van der Waals surface area contributed by atoms with Crippen LogP contribution in [0, 0.1) is 0 Å². The second-order valence-electron chi connectivity index (χ2n) is 4.17. The van der Waals surface area contributed by atoms with Gasteiger partial charge < -0.3 is 15.6 Å². The Balaban J connectivity index is 0.00000162. The van der Waals surface area contributed by atoms with Gasteiger partial charge in [0.25, 0.3) is 0 Å². The van der Waals surface area contributed by atoms with E-state index in [1.807, 2.05) is 36.4 Å². The zero-order chi connectivity index (χ0) is 12.4. The SMILES string of the molecule is COc1ccc2ccccc2c1[C@@H](N)[C@H](C)O.Cl. The summed E-state index contributed by atoms with van der Waals surface area (Å²) in [4.78, 5) is 0. The molecule has 4 heteroatoms. The number of halogens is 1. The van der Waals surface area contributed by atoms with Crippen LogP contribution in [-0.4, -0.2) is 18.3 Å². The fourth-order valence-corrected chi connectivity index (χ4v) is 2.04. The molecule has 3 N–H and O–H groups in total. The van der Waals surface area contributed by atoms with E-state index >= 15 is 0 Å². The van der Waals surface area contributed by atoms with Crippen LogP contribution in [0.1, 0.15) is 18.5 Å². The maximum atomic E-state index is 9.67. The van der Waals surface area contributed by atoms with Crippen LogP contribution in [0.5, 0.6) is 5.75 Å². The molecule has 18 heavy (non-hydrogen) atoms. The molecule has 0 spiro atoms. The van der Waals surface area contributed by atoms with Crippen molar-refractivity contribution in [2.75, 3.05) is 7.11 Å². The first-order chi connectivity index (χ1) is 8.15. The minimum absolute atomic E-state index is 0. The number of hydrogen-bond donors (Lipinski definition) is 2. The van der Waals surface area contributed by atoms with E-state index in [1.54, 1.807) is 14.0 Å². The van der Waals surface area contributed by atoms with Crippen LogP contribution < -0.4 is 10.5 Å². The monoisotopic (exact) mass is 267 g/mol. The fourth-order valence-electron chi connectivity index (χ4n) is 2.04. The Morgan fingerprint density at radius 2 is 1.83 bits per heavy atom. The van der Waals surface area contributed by atoms with Crippen molar-refractivity contribution >= 4 is 23.2 Å². The Morgan fingerprint density at radius 3 is 2.44 bits per heavy atom. The predicted molar refractivity (Wildman–Crippen MR) is 76.4 cm³/mol. The van der Waals surface area contributed by atoms with Crippen LogP contribution in [0.25, 0.3) is 10.8 Å². The van der Waals surface area contributed by atoms with Gasteiger partial charge in [-0.3, -0.25) is 0 Å². The minimum Gasteiger partial charge on any atom is -0.496 e. The van der Waals surface area contributed by atoms with Crippen molar-refractivity contribution in [1.82, 2.24) is 0 Å². The largest absolute Gasteiger partial charge is 0.496 e. The predicted octanol–water partition coefficient (Wildman–Crippen LogP) is 2.65. The second kappa shape index (κ2) is 6.05. The van der Waals surface area contributed by atoms with Crippen LogP contribution in [0.15, 0.2) is 36.4 Å².